The molecule has 0 saturated carbocycles. The van der Waals surface area contributed by atoms with E-state index in [0.29, 0.717) is 6.07 Å². The Bertz CT molecular complexity index is 944. The van der Waals surface area contributed by atoms with Crippen LogP contribution in [0.2, 0.25) is 0 Å². The van der Waals surface area contributed by atoms with Gasteiger partial charge in [-0.2, -0.15) is 9.57 Å². The molecular weight excluding hydrogens is 353 g/mol. The van der Waals surface area contributed by atoms with Crippen molar-refractivity contribution in [2.75, 3.05) is 0 Å². The van der Waals surface area contributed by atoms with E-state index < -0.39 is 23.4 Å². The van der Waals surface area contributed by atoms with Gasteiger partial charge < -0.3 is 0 Å². The van der Waals surface area contributed by atoms with Crippen molar-refractivity contribution in [2.24, 2.45) is 0 Å². The zero-order valence-corrected chi connectivity index (χ0v) is 13.3. The molecule has 3 rings (SSSR count). The van der Waals surface area contributed by atoms with Crippen LogP contribution < -0.4 is 0 Å². The van der Waals surface area contributed by atoms with Gasteiger partial charge in [-0.15, -0.1) is 5.10 Å². The largest absolute Gasteiger partial charge is 0.339 e. The highest BCUT2D eigenvalue weighted by molar-refractivity contribution is 5.65. The van der Waals surface area contributed by atoms with Crippen LogP contribution in [0.25, 0.3) is 17.2 Å². The summed E-state index contributed by atoms with van der Waals surface area (Å²) in [6.45, 7) is 0.831. The Labute approximate surface area is 145 Å². The van der Waals surface area contributed by atoms with Crippen molar-refractivity contribution in [1.29, 1.82) is 0 Å². The van der Waals surface area contributed by atoms with Crippen LogP contribution in [-0.4, -0.2) is 25.7 Å². The van der Waals surface area contributed by atoms with E-state index in [2.05, 4.69) is 24.8 Å². The predicted molar refractivity (Wildman–Crippen MR) is 81.0 cm³/mol. The van der Waals surface area contributed by atoms with Crippen LogP contribution >= 0.6 is 0 Å². The minimum absolute atomic E-state index is 0.0111. The molecule has 2 heterocycles. The fourth-order valence-electron chi connectivity index (χ4n) is 2.08. The van der Waals surface area contributed by atoms with Crippen molar-refractivity contribution in [3.8, 4) is 17.2 Å². The fraction of sp³-hybridized carbons (Fsp3) is 0.125. The monoisotopic (exact) mass is 364 g/mol. The minimum atomic E-state index is -0.867. The van der Waals surface area contributed by atoms with Crippen LogP contribution in [0.3, 0.4) is 0 Å². The number of aromatic nitrogens is 4. The zero-order chi connectivity index (χ0) is 18.7. The third kappa shape index (κ3) is 3.86. The maximum atomic E-state index is 14.2. The zero-order valence-electron chi connectivity index (χ0n) is 13.3. The number of halogens is 3. The number of rotatable bonds is 5. The molecule has 0 aliphatic carbocycles. The van der Waals surface area contributed by atoms with Crippen LogP contribution in [0.5, 0.6) is 0 Å². The lowest BCUT2D eigenvalue weighted by molar-refractivity contribution is -0.278. The molecule has 0 aliphatic rings. The van der Waals surface area contributed by atoms with Crippen molar-refractivity contribution in [1.82, 2.24) is 19.7 Å². The first-order valence-corrected chi connectivity index (χ1v) is 7.27. The highest BCUT2D eigenvalue weighted by Crippen LogP contribution is 2.24. The Morgan fingerprint density at radius 2 is 1.92 bits per heavy atom. The van der Waals surface area contributed by atoms with Gasteiger partial charge in [-0.25, -0.2) is 27.9 Å². The molecule has 0 bridgehead atoms. The highest BCUT2D eigenvalue weighted by Gasteiger charge is 2.18. The Hall–Kier alpha value is -3.27. The molecule has 0 amide bonds. The molecule has 3 aromatic rings. The van der Waals surface area contributed by atoms with E-state index >= 15 is 0 Å². The molecule has 26 heavy (non-hydrogen) atoms. The second-order valence-electron chi connectivity index (χ2n) is 5.06. The van der Waals surface area contributed by atoms with E-state index in [-0.39, 0.29) is 29.6 Å². The van der Waals surface area contributed by atoms with Crippen LogP contribution in [0, 0.1) is 17.5 Å². The van der Waals surface area contributed by atoms with Gasteiger partial charge in [0.25, 0.3) is 0 Å². The SMILES string of the molecule is CC(=O)OOCc1nc(-c2ccc(F)cc2F)n(-c2ccc(F)cn2)n1. The third-order valence-electron chi connectivity index (χ3n) is 3.12. The van der Waals surface area contributed by atoms with Crippen molar-refractivity contribution in [3.63, 3.8) is 0 Å². The normalized spacial score (nSPS) is 10.8. The minimum Gasteiger partial charge on any atom is -0.298 e. The second-order valence-corrected chi connectivity index (χ2v) is 5.06. The summed E-state index contributed by atoms with van der Waals surface area (Å²) < 4.78 is 41.6. The van der Waals surface area contributed by atoms with Crippen molar-refractivity contribution < 1.29 is 27.7 Å². The van der Waals surface area contributed by atoms with Gasteiger partial charge in [0.2, 0.25) is 0 Å². The number of nitrogens with zero attached hydrogens (tertiary/aromatic N) is 4. The fourth-order valence-corrected chi connectivity index (χ4v) is 2.08. The molecule has 134 valence electrons. The summed E-state index contributed by atoms with van der Waals surface area (Å²) in [6.07, 6.45) is 0.955. The molecule has 0 spiro atoms. The van der Waals surface area contributed by atoms with E-state index in [1.54, 1.807) is 0 Å². The number of hydrogen-bond acceptors (Lipinski definition) is 6. The number of benzene rings is 1. The summed E-state index contributed by atoms with van der Waals surface area (Å²) >= 11 is 0. The summed E-state index contributed by atoms with van der Waals surface area (Å²) in [7, 11) is 0. The maximum Gasteiger partial charge on any atom is 0.339 e. The standard InChI is InChI=1S/C16H11F3N4O3/c1-9(24)26-25-8-14-21-16(12-4-2-10(17)6-13(12)19)23(22-14)15-5-3-11(18)7-20-15/h2-7H,8H2,1H3. The highest BCUT2D eigenvalue weighted by atomic mass is 19.1. The lowest BCUT2D eigenvalue weighted by atomic mass is 10.2. The predicted octanol–water partition coefficient (Wildman–Crippen LogP) is 2.74. The van der Waals surface area contributed by atoms with Crippen molar-refractivity contribution >= 4 is 5.97 Å². The molecule has 0 N–H and O–H groups in total. The number of pyridine rings is 1. The summed E-state index contributed by atoms with van der Waals surface area (Å²) in [5.41, 5.74) is -0.0521. The number of hydrogen-bond donors (Lipinski definition) is 0. The molecule has 0 atom stereocenters. The Kier molecular flexibility index (Phi) is 4.94. The summed E-state index contributed by atoms with van der Waals surface area (Å²) in [4.78, 5) is 27.7. The molecule has 0 radical (unpaired) electrons. The van der Waals surface area contributed by atoms with Gasteiger partial charge in [-0.3, -0.25) is 4.89 Å². The quantitative estimate of drug-likeness (QED) is 0.512. The summed E-state index contributed by atoms with van der Waals surface area (Å²) in [6, 6.07) is 5.40. The topological polar surface area (TPSA) is 79.1 Å². The van der Waals surface area contributed by atoms with Gasteiger partial charge in [0.1, 0.15) is 17.5 Å². The molecule has 2 aromatic heterocycles. The lowest BCUT2D eigenvalue weighted by Crippen LogP contribution is -2.04. The van der Waals surface area contributed by atoms with Crippen molar-refractivity contribution in [3.05, 3.63) is 59.8 Å². The van der Waals surface area contributed by atoms with Crippen LogP contribution in [0.4, 0.5) is 13.2 Å². The molecule has 0 fully saturated rings. The van der Waals surface area contributed by atoms with Gasteiger partial charge in [0, 0.05) is 13.0 Å². The molecule has 0 unspecified atom stereocenters. The van der Waals surface area contributed by atoms with E-state index in [4.69, 9.17) is 0 Å². The first-order chi connectivity index (χ1) is 12.4. The second kappa shape index (κ2) is 7.31. The van der Waals surface area contributed by atoms with Crippen LogP contribution in [0.1, 0.15) is 12.7 Å². The van der Waals surface area contributed by atoms with E-state index in [9.17, 15) is 18.0 Å². The number of carbonyl (C=O) groups excluding carboxylic acids is 1. The van der Waals surface area contributed by atoms with E-state index in [0.717, 1.165) is 29.9 Å². The van der Waals surface area contributed by atoms with E-state index in [1.165, 1.54) is 12.1 Å². The van der Waals surface area contributed by atoms with E-state index in [1.807, 2.05) is 0 Å². The summed E-state index contributed by atoms with van der Waals surface area (Å²) in [5.74, 6) is -2.68. The average molecular weight is 364 g/mol. The Morgan fingerprint density at radius 3 is 2.58 bits per heavy atom. The molecular formula is C16H11F3N4O3. The van der Waals surface area contributed by atoms with Crippen LogP contribution in [-0.2, 0) is 21.2 Å². The van der Waals surface area contributed by atoms with Gasteiger partial charge >= 0.3 is 5.97 Å². The first kappa shape index (κ1) is 17.5. The molecule has 10 heteroatoms. The summed E-state index contributed by atoms with van der Waals surface area (Å²) in [5, 5.41) is 4.09. The molecule has 0 aliphatic heterocycles. The Balaban J connectivity index is 2.03. The van der Waals surface area contributed by atoms with Gasteiger partial charge in [0.05, 0.1) is 11.8 Å². The first-order valence-electron chi connectivity index (χ1n) is 7.27. The van der Waals surface area contributed by atoms with Crippen LogP contribution in [0.15, 0.2) is 36.5 Å². The molecule has 7 nitrogen and oxygen atoms in total. The van der Waals surface area contributed by atoms with Gasteiger partial charge in [-0.1, -0.05) is 0 Å². The van der Waals surface area contributed by atoms with Gasteiger partial charge in [0.15, 0.2) is 24.1 Å². The molecule has 0 saturated heterocycles. The third-order valence-corrected chi connectivity index (χ3v) is 3.12. The average Bonchev–Trinajstić information content (AvgIpc) is 2.99. The van der Waals surface area contributed by atoms with Gasteiger partial charge in [-0.05, 0) is 24.3 Å². The van der Waals surface area contributed by atoms with Crippen molar-refractivity contribution in [2.45, 2.75) is 13.5 Å². The smallest absolute Gasteiger partial charge is 0.298 e. The molecule has 1 aromatic carbocycles. The maximum absolute atomic E-state index is 14.2. The number of carbonyl (C=O) groups is 1. The Morgan fingerprint density at radius 1 is 1.15 bits per heavy atom. The lowest BCUT2D eigenvalue weighted by Gasteiger charge is -2.06.